The van der Waals surface area contributed by atoms with Crippen molar-refractivity contribution in [2.75, 3.05) is 27.2 Å². The van der Waals surface area contributed by atoms with Gasteiger partial charge in [0, 0.05) is 29.7 Å². The monoisotopic (exact) mass is 497 g/mol. The zero-order chi connectivity index (χ0) is 24.2. The third kappa shape index (κ3) is 5.07. The van der Waals surface area contributed by atoms with E-state index in [-0.39, 0.29) is 0 Å². The van der Waals surface area contributed by atoms with E-state index in [4.69, 9.17) is 4.74 Å². The molecule has 0 radical (unpaired) electrons. The van der Waals surface area contributed by atoms with Crippen molar-refractivity contribution in [3.63, 3.8) is 0 Å². The van der Waals surface area contributed by atoms with E-state index in [2.05, 4.69) is 128 Å². The Hall–Kier alpha value is -2.50. The molecule has 0 amide bonds. The first-order chi connectivity index (χ1) is 17.2. The van der Waals surface area contributed by atoms with E-state index in [0.717, 1.165) is 18.8 Å². The second kappa shape index (κ2) is 11.0. The van der Waals surface area contributed by atoms with Gasteiger partial charge < -0.3 is 9.64 Å². The topological polar surface area (TPSA) is 12.5 Å². The maximum Gasteiger partial charge on any atom is 0.126 e. The van der Waals surface area contributed by atoms with Crippen LogP contribution in [0, 0.1) is 6.92 Å². The van der Waals surface area contributed by atoms with Gasteiger partial charge in [0.05, 0.1) is 7.11 Å². The van der Waals surface area contributed by atoms with Gasteiger partial charge in [-0.05, 0) is 57.4 Å². The molecule has 0 N–H and O–H groups in total. The highest BCUT2D eigenvalue weighted by Gasteiger charge is 2.43. The number of rotatable bonds is 7. The maximum atomic E-state index is 5.93. The minimum absolute atomic E-state index is 0.527. The Morgan fingerprint density at radius 2 is 1.09 bits per heavy atom. The molecule has 1 saturated heterocycles. The predicted octanol–water partition coefficient (Wildman–Crippen LogP) is 5.25. The van der Waals surface area contributed by atoms with E-state index in [0.29, 0.717) is 11.3 Å². The molecule has 178 valence electrons. The van der Waals surface area contributed by atoms with Gasteiger partial charge >= 0.3 is 0 Å². The average Bonchev–Trinajstić information content (AvgIpc) is 3.27. The molecular weight excluding hydrogens is 464 g/mol. The van der Waals surface area contributed by atoms with Crippen molar-refractivity contribution in [1.29, 1.82) is 0 Å². The van der Waals surface area contributed by atoms with Gasteiger partial charge in [0.1, 0.15) is 5.75 Å². The lowest BCUT2D eigenvalue weighted by atomic mass is 10.2. The molecule has 5 rings (SSSR count). The minimum Gasteiger partial charge on any atom is -0.496 e. The molecule has 2 nitrogen and oxygen atoms in total. The van der Waals surface area contributed by atoms with E-state index < -0.39 is 15.8 Å². The number of aryl methyl sites for hydroxylation is 1. The highest BCUT2D eigenvalue weighted by molar-refractivity contribution is 7.77. The predicted molar refractivity (Wildman–Crippen MR) is 155 cm³/mol. The normalized spacial score (nSPS) is 19.9. The lowest BCUT2D eigenvalue weighted by molar-refractivity contribution is 0.417. The van der Waals surface area contributed by atoms with Gasteiger partial charge in [-0.15, -0.1) is 0 Å². The van der Waals surface area contributed by atoms with Crippen LogP contribution < -0.4 is 26.0 Å². The number of benzene rings is 4. The first-order valence-electron chi connectivity index (χ1n) is 12.2. The molecule has 0 bridgehead atoms. The van der Waals surface area contributed by atoms with Crippen LogP contribution in [0.5, 0.6) is 5.75 Å². The Morgan fingerprint density at radius 3 is 1.63 bits per heavy atom. The van der Waals surface area contributed by atoms with Crippen LogP contribution in [0.15, 0.2) is 109 Å². The van der Waals surface area contributed by atoms with Crippen molar-refractivity contribution < 1.29 is 4.74 Å². The van der Waals surface area contributed by atoms with Crippen molar-refractivity contribution in [3.8, 4) is 5.75 Å². The number of likely N-dealkylation sites (tertiary alicyclic amines) is 1. The summed E-state index contributed by atoms with van der Waals surface area (Å²) in [5, 5.41) is 5.78. The summed E-state index contributed by atoms with van der Waals surface area (Å²) in [6.07, 6.45) is 0. The molecule has 1 fully saturated rings. The lowest BCUT2D eigenvalue weighted by Crippen LogP contribution is -2.35. The van der Waals surface area contributed by atoms with Crippen LogP contribution in [-0.4, -0.2) is 43.5 Å². The molecule has 0 aromatic heterocycles. The molecular formula is C31H33NOP2. The summed E-state index contributed by atoms with van der Waals surface area (Å²) in [6.45, 7) is 4.49. The maximum absolute atomic E-state index is 5.93. The van der Waals surface area contributed by atoms with Crippen LogP contribution in [0.3, 0.4) is 0 Å². The van der Waals surface area contributed by atoms with Gasteiger partial charge in [0.2, 0.25) is 0 Å². The van der Waals surface area contributed by atoms with E-state index >= 15 is 0 Å². The fourth-order valence-corrected chi connectivity index (χ4v) is 12.3. The zero-order valence-electron chi connectivity index (χ0n) is 20.7. The van der Waals surface area contributed by atoms with E-state index in [9.17, 15) is 0 Å². The van der Waals surface area contributed by atoms with E-state index in [1.165, 1.54) is 26.8 Å². The number of ether oxygens (including phenoxy) is 1. The fraction of sp³-hybridized carbons (Fsp3) is 0.226. The zero-order valence-corrected chi connectivity index (χ0v) is 22.5. The second-order valence-electron chi connectivity index (χ2n) is 9.23. The molecule has 4 atom stereocenters. The Balaban J connectivity index is 1.68. The standard InChI is InChI=1S/C31H33NOP2/c1-24-14-10-12-20-28(24)34(25-15-6-4-7-16-25)30-22-32(2)23-31(30)35(26-17-8-5-9-18-26)29-21-13-11-19-27(29)33-3/h4-21,30-31H,22-23H2,1-3H3. The summed E-state index contributed by atoms with van der Waals surface area (Å²) < 4.78 is 5.93. The number of hydrogen-bond donors (Lipinski definition) is 0. The van der Waals surface area contributed by atoms with Crippen molar-refractivity contribution in [1.82, 2.24) is 4.90 Å². The van der Waals surface area contributed by atoms with Gasteiger partial charge in [0.15, 0.2) is 0 Å². The summed E-state index contributed by atoms with van der Waals surface area (Å²) in [6, 6.07) is 40.1. The van der Waals surface area contributed by atoms with Gasteiger partial charge in [-0.25, -0.2) is 0 Å². The molecule has 1 aliphatic heterocycles. The first-order valence-corrected chi connectivity index (χ1v) is 15.1. The van der Waals surface area contributed by atoms with Crippen molar-refractivity contribution in [2.45, 2.75) is 18.2 Å². The molecule has 4 heteroatoms. The van der Waals surface area contributed by atoms with Crippen LogP contribution in [0.25, 0.3) is 0 Å². The van der Waals surface area contributed by atoms with Gasteiger partial charge in [0.25, 0.3) is 0 Å². The third-order valence-electron chi connectivity index (χ3n) is 6.89. The molecule has 1 heterocycles. The molecule has 0 spiro atoms. The number of hydrogen-bond acceptors (Lipinski definition) is 2. The molecule has 0 saturated carbocycles. The molecule has 0 aliphatic carbocycles. The number of methoxy groups -OCH3 is 1. The second-order valence-corrected chi connectivity index (χ2v) is 14.0. The van der Waals surface area contributed by atoms with Crippen LogP contribution >= 0.6 is 15.8 Å². The largest absolute Gasteiger partial charge is 0.496 e. The summed E-state index contributed by atoms with van der Waals surface area (Å²) in [5.41, 5.74) is 2.48. The van der Waals surface area contributed by atoms with Crippen LogP contribution in [-0.2, 0) is 0 Å². The van der Waals surface area contributed by atoms with Gasteiger partial charge in [-0.1, -0.05) is 103 Å². The number of nitrogens with zero attached hydrogens (tertiary/aromatic N) is 1. The van der Waals surface area contributed by atoms with E-state index in [1.807, 2.05) is 0 Å². The average molecular weight is 498 g/mol. The van der Waals surface area contributed by atoms with Crippen molar-refractivity contribution in [3.05, 3.63) is 115 Å². The van der Waals surface area contributed by atoms with E-state index in [1.54, 1.807) is 7.11 Å². The summed E-state index contributed by atoms with van der Waals surface area (Å²) in [5.74, 6) is 1.01. The van der Waals surface area contributed by atoms with Gasteiger partial charge in [-0.2, -0.15) is 0 Å². The molecule has 4 aromatic rings. The van der Waals surface area contributed by atoms with Gasteiger partial charge in [-0.3, -0.25) is 0 Å². The molecule has 4 aromatic carbocycles. The Morgan fingerprint density at radius 1 is 0.629 bits per heavy atom. The van der Waals surface area contributed by atoms with Crippen LogP contribution in [0.2, 0.25) is 0 Å². The highest BCUT2D eigenvalue weighted by Crippen LogP contribution is 2.55. The molecule has 35 heavy (non-hydrogen) atoms. The van der Waals surface area contributed by atoms with Crippen LogP contribution in [0.4, 0.5) is 0 Å². The highest BCUT2D eigenvalue weighted by atomic mass is 31.1. The molecule has 4 unspecified atom stereocenters. The first kappa shape index (κ1) is 24.2. The lowest BCUT2D eigenvalue weighted by Gasteiger charge is -2.35. The minimum atomic E-state index is -0.618. The number of para-hydroxylation sites is 1. The Labute approximate surface area is 212 Å². The molecule has 1 aliphatic rings. The summed E-state index contributed by atoms with van der Waals surface area (Å²) >= 11 is 0. The Bertz CT molecular complexity index is 1250. The summed E-state index contributed by atoms with van der Waals surface area (Å²) in [7, 11) is 2.95. The smallest absolute Gasteiger partial charge is 0.126 e. The fourth-order valence-electron chi connectivity index (χ4n) is 5.32. The van der Waals surface area contributed by atoms with Crippen molar-refractivity contribution in [2.24, 2.45) is 0 Å². The quantitative estimate of drug-likeness (QED) is 0.324. The summed E-state index contributed by atoms with van der Waals surface area (Å²) in [4.78, 5) is 2.56. The van der Waals surface area contributed by atoms with Crippen molar-refractivity contribution >= 4 is 37.1 Å². The Kier molecular flexibility index (Phi) is 7.64. The van der Waals surface area contributed by atoms with Crippen LogP contribution in [0.1, 0.15) is 5.56 Å². The third-order valence-corrected chi connectivity index (χ3v) is 13.1. The SMILES string of the molecule is COc1ccccc1P(c1ccccc1)C1CN(C)CC1P(c1ccccc1)c1ccccc1C.